The van der Waals surface area contributed by atoms with E-state index >= 15 is 0 Å². The number of hydrogen-bond donors (Lipinski definition) is 2. The highest BCUT2D eigenvalue weighted by Gasteiger charge is 2.20. The maximum atomic E-state index is 12.4. The summed E-state index contributed by atoms with van der Waals surface area (Å²) in [5.41, 5.74) is 5.37. The number of aromatic hydroxyl groups is 1. The number of phenols is 1. The Labute approximate surface area is 168 Å². The van der Waals surface area contributed by atoms with Gasteiger partial charge in [-0.2, -0.15) is 0 Å². The zero-order valence-electron chi connectivity index (χ0n) is 17.2. The summed E-state index contributed by atoms with van der Waals surface area (Å²) in [5, 5.41) is 13.3. The summed E-state index contributed by atoms with van der Waals surface area (Å²) in [7, 11) is 0. The Morgan fingerprint density at radius 3 is 2.36 bits per heavy atom. The van der Waals surface area contributed by atoms with E-state index in [-0.39, 0.29) is 5.91 Å². The Morgan fingerprint density at radius 2 is 1.64 bits per heavy atom. The van der Waals surface area contributed by atoms with Crippen LogP contribution in [0.15, 0.2) is 36.4 Å². The Balaban J connectivity index is 1.49. The highest BCUT2D eigenvalue weighted by atomic mass is 16.3. The molecule has 1 heterocycles. The van der Waals surface area contributed by atoms with Crippen molar-refractivity contribution < 1.29 is 9.90 Å². The van der Waals surface area contributed by atoms with E-state index in [1.54, 1.807) is 0 Å². The van der Waals surface area contributed by atoms with Gasteiger partial charge in [0.1, 0.15) is 5.75 Å². The molecule has 150 valence electrons. The minimum absolute atomic E-state index is 0.0427. The summed E-state index contributed by atoms with van der Waals surface area (Å²) >= 11 is 0. The molecule has 2 aromatic carbocycles. The van der Waals surface area contributed by atoms with Crippen LogP contribution in [0.4, 0.5) is 5.69 Å². The number of para-hydroxylation sites is 1. The molecule has 0 radical (unpaired) electrons. The second-order valence-corrected chi connectivity index (χ2v) is 7.68. The van der Waals surface area contributed by atoms with Crippen LogP contribution >= 0.6 is 0 Å². The van der Waals surface area contributed by atoms with E-state index in [0.717, 1.165) is 61.5 Å². The lowest BCUT2D eigenvalue weighted by atomic mass is 10.0. The number of nitrogens with zero attached hydrogens (tertiary/aromatic N) is 2. The summed E-state index contributed by atoms with van der Waals surface area (Å²) in [5.74, 6) is 0.417. The van der Waals surface area contributed by atoms with Gasteiger partial charge < -0.3 is 10.4 Å². The smallest absolute Gasteiger partial charge is 0.238 e. The van der Waals surface area contributed by atoms with E-state index in [2.05, 4.69) is 41.1 Å². The van der Waals surface area contributed by atoms with Gasteiger partial charge in [0, 0.05) is 44.0 Å². The molecule has 1 amide bonds. The molecule has 1 aliphatic rings. The fourth-order valence-corrected chi connectivity index (χ4v) is 3.68. The number of rotatable bonds is 6. The maximum absolute atomic E-state index is 12.4. The molecule has 28 heavy (non-hydrogen) atoms. The first-order chi connectivity index (χ1) is 13.5. The number of nitrogens with one attached hydrogen (secondary N) is 1. The topological polar surface area (TPSA) is 55.8 Å². The fourth-order valence-electron chi connectivity index (χ4n) is 3.68. The van der Waals surface area contributed by atoms with Crippen LogP contribution in [0.5, 0.6) is 5.75 Å². The number of aryl methyl sites for hydroxylation is 3. The number of anilines is 1. The first-order valence-electron chi connectivity index (χ1n) is 10.1. The maximum Gasteiger partial charge on any atom is 0.238 e. The largest absolute Gasteiger partial charge is 0.508 e. The number of phenolic OH excluding ortho intramolecular Hbond substituents is 1. The van der Waals surface area contributed by atoms with E-state index < -0.39 is 0 Å². The molecule has 2 aromatic rings. The number of piperazine rings is 1. The third-order valence-corrected chi connectivity index (χ3v) is 5.59. The van der Waals surface area contributed by atoms with Crippen LogP contribution < -0.4 is 5.32 Å². The Morgan fingerprint density at radius 1 is 1.00 bits per heavy atom. The molecule has 1 aliphatic heterocycles. The molecular formula is C23H31N3O2. The number of hydrogen-bond acceptors (Lipinski definition) is 4. The summed E-state index contributed by atoms with van der Waals surface area (Å²) in [6, 6.07) is 11.9. The van der Waals surface area contributed by atoms with E-state index in [1.807, 2.05) is 31.2 Å². The second-order valence-electron chi connectivity index (χ2n) is 7.68. The van der Waals surface area contributed by atoms with Crippen molar-refractivity contribution in [3.8, 4) is 5.75 Å². The third-order valence-electron chi connectivity index (χ3n) is 5.59. The zero-order valence-corrected chi connectivity index (χ0v) is 17.2. The zero-order chi connectivity index (χ0) is 20.1. The third kappa shape index (κ3) is 5.12. The molecule has 1 saturated heterocycles. The molecule has 5 nitrogen and oxygen atoms in total. The van der Waals surface area contributed by atoms with Gasteiger partial charge in [-0.3, -0.25) is 14.6 Å². The minimum Gasteiger partial charge on any atom is -0.508 e. The molecule has 0 aromatic heterocycles. The van der Waals surface area contributed by atoms with Crippen molar-refractivity contribution in [2.45, 2.75) is 33.7 Å². The van der Waals surface area contributed by atoms with Crippen molar-refractivity contribution in [1.82, 2.24) is 9.80 Å². The molecule has 1 fully saturated rings. The van der Waals surface area contributed by atoms with Crippen LogP contribution in [0.1, 0.15) is 29.2 Å². The average Bonchev–Trinajstić information content (AvgIpc) is 2.68. The number of benzene rings is 2. The van der Waals surface area contributed by atoms with Gasteiger partial charge in [-0.25, -0.2) is 0 Å². The normalized spacial score (nSPS) is 15.5. The Bertz CT molecular complexity index is 827. The van der Waals surface area contributed by atoms with Crippen LogP contribution in [0, 0.1) is 13.8 Å². The molecule has 0 aliphatic carbocycles. The lowest BCUT2D eigenvalue weighted by Crippen LogP contribution is -2.48. The second kappa shape index (κ2) is 9.22. The standard InChI is InChI=1S/C23H31N3O2/c1-4-19-7-5-6-8-21(19)24-23(28)16-26-11-9-25(10-12-26)15-20-13-17(2)18(3)14-22(20)27/h5-8,13-14,27H,4,9-12,15-16H2,1-3H3,(H,24,28). The van der Waals surface area contributed by atoms with Gasteiger partial charge in [-0.05, 0) is 49.1 Å². The molecule has 0 bridgehead atoms. The SMILES string of the molecule is CCc1ccccc1NC(=O)CN1CCN(Cc2cc(C)c(C)cc2O)CC1. The van der Waals surface area contributed by atoms with Gasteiger partial charge in [-0.1, -0.05) is 31.2 Å². The molecule has 0 spiro atoms. The summed E-state index contributed by atoms with van der Waals surface area (Å²) in [6.45, 7) is 10.8. The van der Waals surface area contributed by atoms with Crippen LogP contribution in [0.25, 0.3) is 0 Å². The number of carbonyl (C=O) groups excluding carboxylic acids is 1. The predicted octanol–water partition coefficient (Wildman–Crippen LogP) is 3.33. The first-order valence-corrected chi connectivity index (χ1v) is 10.1. The molecule has 5 heteroatoms. The van der Waals surface area contributed by atoms with Crippen molar-refractivity contribution in [2.75, 3.05) is 38.0 Å². The molecular weight excluding hydrogens is 350 g/mol. The molecule has 2 N–H and O–H groups in total. The van der Waals surface area contributed by atoms with Crippen molar-refractivity contribution in [3.63, 3.8) is 0 Å². The lowest BCUT2D eigenvalue weighted by Gasteiger charge is -2.34. The first kappa shape index (κ1) is 20.4. The average molecular weight is 382 g/mol. The van der Waals surface area contributed by atoms with E-state index in [9.17, 15) is 9.90 Å². The highest BCUT2D eigenvalue weighted by Crippen LogP contribution is 2.23. The van der Waals surface area contributed by atoms with Crippen LogP contribution in [0.3, 0.4) is 0 Å². The van der Waals surface area contributed by atoms with Gasteiger partial charge >= 0.3 is 0 Å². The van der Waals surface area contributed by atoms with Gasteiger partial charge in [0.05, 0.1) is 6.54 Å². The van der Waals surface area contributed by atoms with E-state index in [0.29, 0.717) is 12.3 Å². The van der Waals surface area contributed by atoms with Gasteiger partial charge in [0.2, 0.25) is 5.91 Å². The molecule has 0 atom stereocenters. The van der Waals surface area contributed by atoms with Crippen LogP contribution in [-0.2, 0) is 17.8 Å². The van der Waals surface area contributed by atoms with E-state index in [1.165, 1.54) is 5.56 Å². The number of amides is 1. The van der Waals surface area contributed by atoms with Crippen molar-refractivity contribution >= 4 is 11.6 Å². The Kier molecular flexibility index (Phi) is 6.70. The Hall–Kier alpha value is -2.37. The highest BCUT2D eigenvalue weighted by molar-refractivity contribution is 5.93. The van der Waals surface area contributed by atoms with Gasteiger partial charge in [-0.15, -0.1) is 0 Å². The van der Waals surface area contributed by atoms with Gasteiger partial charge in [0.15, 0.2) is 0 Å². The molecule has 0 saturated carbocycles. The predicted molar refractivity (Wildman–Crippen MR) is 114 cm³/mol. The number of carbonyl (C=O) groups is 1. The van der Waals surface area contributed by atoms with Crippen LogP contribution in [-0.4, -0.2) is 53.5 Å². The molecule has 0 unspecified atom stereocenters. The van der Waals surface area contributed by atoms with Crippen molar-refractivity contribution in [1.29, 1.82) is 0 Å². The lowest BCUT2D eigenvalue weighted by molar-refractivity contribution is -0.117. The monoisotopic (exact) mass is 381 g/mol. The summed E-state index contributed by atoms with van der Waals surface area (Å²) < 4.78 is 0. The minimum atomic E-state index is 0.0427. The summed E-state index contributed by atoms with van der Waals surface area (Å²) in [4.78, 5) is 17.0. The van der Waals surface area contributed by atoms with Crippen molar-refractivity contribution in [2.24, 2.45) is 0 Å². The van der Waals surface area contributed by atoms with Gasteiger partial charge in [0.25, 0.3) is 0 Å². The molecule has 3 rings (SSSR count). The quantitative estimate of drug-likeness (QED) is 0.806. The van der Waals surface area contributed by atoms with Crippen molar-refractivity contribution in [3.05, 3.63) is 58.7 Å². The van der Waals surface area contributed by atoms with E-state index in [4.69, 9.17) is 0 Å². The summed E-state index contributed by atoms with van der Waals surface area (Å²) in [6.07, 6.45) is 0.903. The fraction of sp³-hybridized carbons (Fsp3) is 0.435. The van der Waals surface area contributed by atoms with Crippen LogP contribution in [0.2, 0.25) is 0 Å².